The lowest BCUT2D eigenvalue weighted by Crippen LogP contribution is -2.28. The SMILES string of the molecule is O=[N+]([O-])c1cc(Cl)c(Cl)cc1NCC1CCCCC1CO. The number of benzene rings is 1. The quantitative estimate of drug-likeness (QED) is 0.628. The molecule has 0 radical (unpaired) electrons. The van der Waals surface area contributed by atoms with E-state index in [0.717, 1.165) is 25.7 Å². The molecular weight excluding hydrogens is 315 g/mol. The fraction of sp³-hybridized carbons (Fsp3) is 0.571. The number of rotatable bonds is 5. The zero-order valence-corrected chi connectivity index (χ0v) is 13.0. The molecule has 2 rings (SSSR count). The molecule has 2 N–H and O–H groups in total. The van der Waals surface area contributed by atoms with E-state index in [1.54, 1.807) is 0 Å². The van der Waals surface area contributed by atoms with Gasteiger partial charge in [-0.15, -0.1) is 0 Å². The molecule has 7 heteroatoms. The molecule has 0 aromatic heterocycles. The second-order valence-corrected chi connectivity index (χ2v) is 6.22. The van der Waals surface area contributed by atoms with E-state index in [1.165, 1.54) is 12.1 Å². The van der Waals surface area contributed by atoms with Gasteiger partial charge >= 0.3 is 0 Å². The Morgan fingerprint density at radius 3 is 2.48 bits per heavy atom. The lowest BCUT2D eigenvalue weighted by atomic mass is 9.79. The number of nitro benzene ring substituents is 1. The van der Waals surface area contributed by atoms with Crippen molar-refractivity contribution in [1.82, 2.24) is 0 Å². The van der Waals surface area contributed by atoms with Crippen molar-refractivity contribution in [2.75, 3.05) is 18.5 Å². The number of aliphatic hydroxyl groups excluding tert-OH is 1. The third-order valence-electron chi connectivity index (χ3n) is 4.09. The van der Waals surface area contributed by atoms with Gasteiger partial charge in [0.1, 0.15) is 5.69 Å². The van der Waals surface area contributed by atoms with Crippen molar-refractivity contribution in [2.24, 2.45) is 11.8 Å². The van der Waals surface area contributed by atoms with Crippen LogP contribution in [0.3, 0.4) is 0 Å². The number of hydrogen-bond acceptors (Lipinski definition) is 4. The van der Waals surface area contributed by atoms with Crippen molar-refractivity contribution < 1.29 is 10.0 Å². The van der Waals surface area contributed by atoms with E-state index in [4.69, 9.17) is 23.2 Å². The fourth-order valence-corrected chi connectivity index (χ4v) is 3.19. The Balaban J connectivity index is 2.11. The molecule has 5 nitrogen and oxygen atoms in total. The van der Waals surface area contributed by atoms with E-state index in [2.05, 4.69) is 5.32 Å². The highest BCUT2D eigenvalue weighted by atomic mass is 35.5. The molecule has 0 amide bonds. The largest absolute Gasteiger partial charge is 0.396 e. The zero-order chi connectivity index (χ0) is 15.4. The minimum absolute atomic E-state index is 0.0826. The van der Waals surface area contributed by atoms with Crippen LogP contribution in [0.5, 0.6) is 0 Å². The summed E-state index contributed by atoms with van der Waals surface area (Å²) < 4.78 is 0. The fourth-order valence-electron chi connectivity index (χ4n) is 2.86. The van der Waals surface area contributed by atoms with Crippen LogP contribution >= 0.6 is 23.2 Å². The zero-order valence-electron chi connectivity index (χ0n) is 11.5. The lowest BCUT2D eigenvalue weighted by molar-refractivity contribution is -0.383. The summed E-state index contributed by atoms with van der Waals surface area (Å²) in [5, 5.41) is 24.0. The number of hydrogen-bond donors (Lipinski definition) is 2. The molecular formula is C14H18Cl2N2O3. The Labute approximate surface area is 133 Å². The van der Waals surface area contributed by atoms with Crippen LogP contribution in [0.2, 0.25) is 10.0 Å². The number of halogens is 2. The maximum Gasteiger partial charge on any atom is 0.293 e. The minimum atomic E-state index is -0.477. The second kappa shape index (κ2) is 7.29. The van der Waals surface area contributed by atoms with Gasteiger partial charge in [-0.25, -0.2) is 0 Å². The predicted molar refractivity (Wildman–Crippen MR) is 84.1 cm³/mol. The predicted octanol–water partition coefficient (Wildman–Crippen LogP) is 4.11. The highest BCUT2D eigenvalue weighted by molar-refractivity contribution is 6.42. The van der Waals surface area contributed by atoms with E-state index in [-0.39, 0.29) is 28.3 Å². The standard InChI is InChI=1S/C14H18Cl2N2O3/c15-11-5-13(14(18(20)21)6-12(11)16)17-7-9-3-1-2-4-10(9)8-19/h5-6,9-10,17,19H,1-4,7-8H2. The lowest BCUT2D eigenvalue weighted by Gasteiger charge is -2.30. The monoisotopic (exact) mass is 332 g/mol. The molecule has 1 aromatic carbocycles. The highest BCUT2D eigenvalue weighted by Gasteiger charge is 2.25. The van der Waals surface area contributed by atoms with Gasteiger partial charge in [0.15, 0.2) is 0 Å². The van der Waals surface area contributed by atoms with Gasteiger partial charge in [0.2, 0.25) is 0 Å². The minimum Gasteiger partial charge on any atom is -0.396 e. The van der Waals surface area contributed by atoms with Crippen molar-refractivity contribution in [1.29, 1.82) is 0 Å². The van der Waals surface area contributed by atoms with Crippen molar-refractivity contribution in [3.8, 4) is 0 Å². The molecule has 0 heterocycles. The summed E-state index contributed by atoms with van der Waals surface area (Å²) in [6, 6.07) is 2.75. The van der Waals surface area contributed by atoms with Gasteiger partial charge in [-0.3, -0.25) is 10.1 Å². The first kappa shape index (κ1) is 16.3. The molecule has 1 aliphatic carbocycles. The first-order chi connectivity index (χ1) is 10.0. The van der Waals surface area contributed by atoms with Crippen LogP contribution < -0.4 is 5.32 Å². The second-order valence-electron chi connectivity index (χ2n) is 5.41. The number of nitrogens with one attached hydrogen (secondary N) is 1. The first-order valence-corrected chi connectivity index (χ1v) is 7.76. The molecule has 0 aliphatic heterocycles. The molecule has 116 valence electrons. The highest BCUT2D eigenvalue weighted by Crippen LogP contribution is 2.35. The summed E-state index contributed by atoms with van der Waals surface area (Å²) in [6.07, 6.45) is 4.29. The van der Waals surface area contributed by atoms with Crippen LogP contribution in [0.25, 0.3) is 0 Å². The van der Waals surface area contributed by atoms with Crippen LogP contribution in [0.1, 0.15) is 25.7 Å². The van der Waals surface area contributed by atoms with Gasteiger partial charge in [-0.2, -0.15) is 0 Å². The number of aliphatic hydroxyl groups is 1. The third-order valence-corrected chi connectivity index (χ3v) is 4.81. The smallest absolute Gasteiger partial charge is 0.293 e. The van der Waals surface area contributed by atoms with Crippen molar-refractivity contribution >= 4 is 34.6 Å². The summed E-state index contributed by atoms with van der Waals surface area (Å²) in [7, 11) is 0. The van der Waals surface area contributed by atoms with Crippen LogP contribution in [-0.2, 0) is 0 Å². The average molecular weight is 333 g/mol. The number of nitrogens with zero attached hydrogens (tertiary/aromatic N) is 1. The van der Waals surface area contributed by atoms with Crippen molar-refractivity contribution in [3.63, 3.8) is 0 Å². The van der Waals surface area contributed by atoms with Crippen molar-refractivity contribution in [2.45, 2.75) is 25.7 Å². The van der Waals surface area contributed by atoms with Gasteiger partial charge < -0.3 is 10.4 Å². The molecule has 2 atom stereocenters. The molecule has 1 aromatic rings. The van der Waals surface area contributed by atoms with Gasteiger partial charge in [0.25, 0.3) is 5.69 Å². The summed E-state index contributed by atoms with van der Waals surface area (Å²) in [5.41, 5.74) is 0.289. The Morgan fingerprint density at radius 2 is 1.86 bits per heavy atom. The van der Waals surface area contributed by atoms with Crippen LogP contribution in [-0.4, -0.2) is 23.2 Å². The molecule has 0 saturated heterocycles. The number of nitro groups is 1. The third kappa shape index (κ3) is 3.99. The van der Waals surface area contributed by atoms with Crippen molar-refractivity contribution in [3.05, 3.63) is 32.3 Å². The molecule has 1 aliphatic rings. The topological polar surface area (TPSA) is 75.4 Å². The Kier molecular flexibility index (Phi) is 5.67. The maximum atomic E-state index is 11.1. The van der Waals surface area contributed by atoms with E-state index >= 15 is 0 Å². The number of anilines is 1. The maximum absolute atomic E-state index is 11.1. The van der Waals surface area contributed by atoms with Crippen LogP contribution in [0.4, 0.5) is 11.4 Å². The van der Waals surface area contributed by atoms with Gasteiger partial charge in [0.05, 0.1) is 15.0 Å². The summed E-state index contributed by atoms with van der Waals surface area (Å²) in [5.74, 6) is 0.575. The van der Waals surface area contributed by atoms with E-state index in [0.29, 0.717) is 18.2 Å². The summed E-state index contributed by atoms with van der Waals surface area (Å²) in [6.45, 7) is 0.750. The molecule has 21 heavy (non-hydrogen) atoms. The van der Waals surface area contributed by atoms with E-state index < -0.39 is 4.92 Å². The summed E-state index contributed by atoms with van der Waals surface area (Å²) >= 11 is 11.8. The van der Waals surface area contributed by atoms with E-state index in [1.807, 2.05) is 0 Å². The summed E-state index contributed by atoms with van der Waals surface area (Å²) in [4.78, 5) is 10.6. The molecule has 1 saturated carbocycles. The van der Waals surface area contributed by atoms with E-state index in [9.17, 15) is 15.2 Å². The molecule has 0 spiro atoms. The van der Waals surface area contributed by atoms with Gasteiger partial charge in [0, 0.05) is 19.2 Å². The van der Waals surface area contributed by atoms with Crippen LogP contribution in [0.15, 0.2) is 12.1 Å². The van der Waals surface area contributed by atoms with Crippen LogP contribution in [0, 0.1) is 22.0 Å². The normalized spacial score (nSPS) is 22.0. The Morgan fingerprint density at radius 1 is 1.24 bits per heavy atom. The molecule has 0 bridgehead atoms. The van der Waals surface area contributed by atoms with Gasteiger partial charge in [-0.05, 0) is 30.7 Å². The first-order valence-electron chi connectivity index (χ1n) is 7.01. The molecule has 2 unspecified atom stereocenters. The van der Waals surface area contributed by atoms with Gasteiger partial charge in [-0.1, -0.05) is 36.0 Å². The molecule has 1 fully saturated rings. The Hall–Kier alpha value is -1.04. The Bertz CT molecular complexity index is 525. The average Bonchev–Trinajstić information content (AvgIpc) is 2.48.